The second-order valence-corrected chi connectivity index (χ2v) is 7.74. The number of aromatic nitrogens is 1. The third-order valence-corrected chi connectivity index (χ3v) is 5.51. The minimum absolute atomic E-state index is 0.245. The summed E-state index contributed by atoms with van der Waals surface area (Å²) in [5, 5.41) is 21.5. The zero-order valence-corrected chi connectivity index (χ0v) is 14.7. The fourth-order valence-electron chi connectivity index (χ4n) is 4.24. The number of benzene rings is 1. The van der Waals surface area contributed by atoms with Crippen LogP contribution in [0, 0.1) is 0 Å². The van der Waals surface area contributed by atoms with Gasteiger partial charge in [-0.15, -0.1) is 0 Å². The molecule has 4 rings (SSSR count). The number of hydrogen-bond acceptors (Lipinski definition) is 5. The molecule has 0 radical (unpaired) electrons. The molecule has 3 heterocycles. The van der Waals surface area contributed by atoms with Crippen LogP contribution < -0.4 is 0 Å². The first-order valence-corrected chi connectivity index (χ1v) is 9.34. The van der Waals surface area contributed by atoms with Crippen molar-refractivity contribution in [2.45, 2.75) is 37.8 Å². The van der Waals surface area contributed by atoms with Crippen molar-refractivity contribution in [3.8, 4) is 5.75 Å². The van der Waals surface area contributed by atoms with E-state index >= 15 is 0 Å². The van der Waals surface area contributed by atoms with E-state index in [4.69, 9.17) is 0 Å². The molecule has 0 unspecified atom stereocenters. The molecule has 0 bridgehead atoms. The van der Waals surface area contributed by atoms with Crippen LogP contribution in [0.25, 0.3) is 10.9 Å². The highest BCUT2D eigenvalue weighted by atomic mass is 16.3. The minimum atomic E-state index is -0.576. The van der Waals surface area contributed by atoms with Gasteiger partial charge in [-0.25, -0.2) is 0 Å². The molecule has 0 aliphatic carbocycles. The van der Waals surface area contributed by atoms with Crippen molar-refractivity contribution >= 4 is 10.9 Å². The van der Waals surface area contributed by atoms with Gasteiger partial charge in [0.2, 0.25) is 0 Å². The van der Waals surface area contributed by atoms with Gasteiger partial charge in [-0.3, -0.25) is 9.88 Å². The molecule has 5 heteroatoms. The Bertz CT molecular complexity index is 745. The number of phenolic OH excluding ortho intramolecular Hbond substituents is 1. The van der Waals surface area contributed by atoms with Gasteiger partial charge in [0.05, 0.1) is 11.1 Å². The number of β-amino-alcohol motifs (C(OH)–C–C–N with tert-alkyl or cyclic N) is 1. The average molecular weight is 341 g/mol. The third-order valence-electron chi connectivity index (χ3n) is 5.51. The van der Waals surface area contributed by atoms with Crippen molar-refractivity contribution in [1.82, 2.24) is 14.8 Å². The fourth-order valence-corrected chi connectivity index (χ4v) is 4.24. The quantitative estimate of drug-likeness (QED) is 0.894. The number of likely N-dealkylation sites (tertiary alicyclic amines) is 2. The standard InChI is InChI=1S/C20H27N3O2/c24-18-5-4-17-10-16(12-21-19(17)11-18)13-23-9-6-20(25,15-23)14-22-7-2-1-3-8-22/h4-5,10-12,24-25H,1-3,6-9,13-15H2/t20-/m1/s1. The molecule has 1 aromatic carbocycles. The van der Waals surface area contributed by atoms with Gasteiger partial charge in [-0.05, 0) is 56.1 Å². The van der Waals surface area contributed by atoms with E-state index in [1.807, 2.05) is 12.3 Å². The lowest BCUT2D eigenvalue weighted by molar-refractivity contribution is 0.00635. The first-order valence-electron chi connectivity index (χ1n) is 9.34. The van der Waals surface area contributed by atoms with Gasteiger partial charge < -0.3 is 15.1 Å². The molecule has 5 nitrogen and oxygen atoms in total. The maximum Gasteiger partial charge on any atom is 0.117 e. The zero-order valence-electron chi connectivity index (χ0n) is 14.7. The molecule has 1 atom stereocenters. The van der Waals surface area contributed by atoms with Gasteiger partial charge in [-0.1, -0.05) is 6.42 Å². The smallest absolute Gasteiger partial charge is 0.117 e. The van der Waals surface area contributed by atoms with Crippen LogP contribution in [-0.2, 0) is 6.54 Å². The molecule has 1 aromatic heterocycles. The summed E-state index contributed by atoms with van der Waals surface area (Å²) in [4.78, 5) is 9.21. The van der Waals surface area contributed by atoms with Crippen molar-refractivity contribution in [3.63, 3.8) is 0 Å². The summed E-state index contributed by atoms with van der Waals surface area (Å²) in [7, 11) is 0. The lowest BCUT2D eigenvalue weighted by Gasteiger charge is -2.33. The monoisotopic (exact) mass is 341 g/mol. The van der Waals surface area contributed by atoms with Crippen molar-refractivity contribution in [2.24, 2.45) is 0 Å². The predicted octanol–water partition coefficient (Wildman–Crippen LogP) is 2.36. The van der Waals surface area contributed by atoms with Gasteiger partial charge in [-0.2, -0.15) is 0 Å². The fraction of sp³-hybridized carbons (Fsp3) is 0.550. The van der Waals surface area contributed by atoms with Crippen LogP contribution in [0.1, 0.15) is 31.2 Å². The highest BCUT2D eigenvalue weighted by molar-refractivity contribution is 5.80. The van der Waals surface area contributed by atoms with E-state index in [1.54, 1.807) is 12.1 Å². The number of rotatable bonds is 4. The number of fused-ring (bicyclic) bond motifs is 1. The van der Waals surface area contributed by atoms with Crippen molar-refractivity contribution in [3.05, 3.63) is 36.0 Å². The average Bonchev–Trinajstić information content (AvgIpc) is 2.96. The van der Waals surface area contributed by atoms with Crippen molar-refractivity contribution < 1.29 is 10.2 Å². The van der Waals surface area contributed by atoms with Crippen molar-refractivity contribution in [2.75, 3.05) is 32.7 Å². The van der Waals surface area contributed by atoms with Crippen LogP contribution in [0.15, 0.2) is 30.5 Å². The van der Waals surface area contributed by atoms with Gasteiger partial charge in [0.25, 0.3) is 0 Å². The van der Waals surface area contributed by atoms with E-state index < -0.39 is 5.60 Å². The zero-order chi connectivity index (χ0) is 17.3. The van der Waals surface area contributed by atoms with Gasteiger partial charge in [0, 0.05) is 43.8 Å². The summed E-state index contributed by atoms with van der Waals surface area (Å²) in [5.41, 5.74) is 1.39. The van der Waals surface area contributed by atoms with E-state index in [-0.39, 0.29) is 5.75 Å². The van der Waals surface area contributed by atoms with E-state index in [0.717, 1.165) is 62.2 Å². The highest BCUT2D eigenvalue weighted by Crippen LogP contribution is 2.26. The largest absolute Gasteiger partial charge is 0.508 e. The molecular weight excluding hydrogens is 314 g/mol. The number of aliphatic hydroxyl groups is 1. The maximum absolute atomic E-state index is 11.0. The van der Waals surface area contributed by atoms with Crippen molar-refractivity contribution in [1.29, 1.82) is 0 Å². The van der Waals surface area contributed by atoms with Crippen LogP contribution in [0.2, 0.25) is 0 Å². The van der Waals surface area contributed by atoms with Crippen LogP contribution in [0.5, 0.6) is 5.75 Å². The van der Waals surface area contributed by atoms with Gasteiger partial charge >= 0.3 is 0 Å². The first kappa shape index (κ1) is 16.8. The lowest BCUT2D eigenvalue weighted by atomic mass is 10.0. The van der Waals surface area contributed by atoms with E-state index in [1.165, 1.54) is 19.3 Å². The van der Waals surface area contributed by atoms with Crippen LogP contribution in [0.4, 0.5) is 0 Å². The molecule has 0 spiro atoms. The molecule has 2 aromatic rings. The molecule has 2 aliphatic heterocycles. The molecule has 2 saturated heterocycles. The van der Waals surface area contributed by atoms with E-state index in [0.29, 0.717) is 0 Å². The number of pyridine rings is 1. The number of nitrogens with zero attached hydrogens (tertiary/aromatic N) is 3. The maximum atomic E-state index is 11.0. The predicted molar refractivity (Wildman–Crippen MR) is 98.5 cm³/mol. The highest BCUT2D eigenvalue weighted by Gasteiger charge is 2.37. The Morgan fingerprint density at radius 2 is 1.88 bits per heavy atom. The normalized spacial score (nSPS) is 25.6. The summed E-state index contributed by atoms with van der Waals surface area (Å²) in [6.07, 6.45) is 6.58. The molecule has 0 amide bonds. The molecule has 2 aliphatic rings. The number of aromatic hydroxyl groups is 1. The Kier molecular flexibility index (Phi) is 4.63. The molecule has 25 heavy (non-hydrogen) atoms. The second kappa shape index (κ2) is 6.90. The molecular formula is C20H27N3O2. The topological polar surface area (TPSA) is 59.8 Å². The number of hydrogen-bond donors (Lipinski definition) is 2. The Morgan fingerprint density at radius 3 is 2.72 bits per heavy atom. The van der Waals surface area contributed by atoms with Crippen LogP contribution in [-0.4, -0.2) is 63.3 Å². The second-order valence-electron chi connectivity index (χ2n) is 7.74. The lowest BCUT2D eigenvalue weighted by Crippen LogP contribution is -2.46. The molecule has 134 valence electrons. The third kappa shape index (κ3) is 3.94. The summed E-state index contributed by atoms with van der Waals surface area (Å²) < 4.78 is 0. The van der Waals surface area contributed by atoms with Crippen LogP contribution >= 0.6 is 0 Å². The SMILES string of the molecule is Oc1ccc2cc(CN3CC[C@@](O)(CN4CCCCC4)C3)cnc2c1. The summed E-state index contributed by atoms with van der Waals surface area (Å²) >= 11 is 0. The van der Waals surface area contributed by atoms with Crippen LogP contribution in [0.3, 0.4) is 0 Å². The summed E-state index contributed by atoms with van der Waals surface area (Å²) in [6, 6.07) is 7.41. The summed E-state index contributed by atoms with van der Waals surface area (Å²) in [6.45, 7) is 5.54. The Balaban J connectivity index is 1.39. The van der Waals surface area contributed by atoms with Gasteiger partial charge in [0.1, 0.15) is 5.75 Å². The Morgan fingerprint density at radius 1 is 1.04 bits per heavy atom. The molecule has 2 fully saturated rings. The number of piperidine rings is 1. The van der Waals surface area contributed by atoms with E-state index in [9.17, 15) is 10.2 Å². The molecule has 2 N–H and O–H groups in total. The Labute approximate surface area is 148 Å². The Hall–Kier alpha value is -1.69. The van der Waals surface area contributed by atoms with E-state index in [2.05, 4.69) is 20.9 Å². The summed E-state index contributed by atoms with van der Waals surface area (Å²) in [5.74, 6) is 0.245. The number of phenols is 1. The minimum Gasteiger partial charge on any atom is -0.508 e. The van der Waals surface area contributed by atoms with Gasteiger partial charge in [0.15, 0.2) is 0 Å². The first-order chi connectivity index (χ1) is 12.1. The molecule has 0 saturated carbocycles.